The molecule has 1 saturated carbocycles. The maximum Gasteiger partial charge on any atom is 0.220 e. The van der Waals surface area contributed by atoms with Crippen LogP contribution in [0.4, 0.5) is 0 Å². The van der Waals surface area contributed by atoms with Gasteiger partial charge in [0.25, 0.3) is 0 Å². The number of ether oxygens (including phenoxy) is 1. The molecule has 1 N–H and O–H groups in total. The molecule has 2 fully saturated rings. The molecule has 0 amide bonds. The second-order valence-corrected chi connectivity index (χ2v) is 8.14. The van der Waals surface area contributed by atoms with Crippen molar-refractivity contribution in [2.24, 2.45) is 11.3 Å². The minimum atomic E-state index is -0.247. The topological polar surface area (TPSA) is 46.5 Å². The zero-order chi connectivity index (χ0) is 15.7. The summed E-state index contributed by atoms with van der Waals surface area (Å²) >= 11 is 0. The second-order valence-electron chi connectivity index (χ2n) is 8.14. The van der Waals surface area contributed by atoms with Gasteiger partial charge >= 0.3 is 0 Å². The highest BCUT2D eigenvalue weighted by molar-refractivity contribution is 5.46. The van der Waals surface area contributed by atoms with Crippen LogP contribution in [0.15, 0.2) is 16.9 Å². The lowest BCUT2D eigenvalue weighted by Crippen LogP contribution is -2.56. The molecule has 5 rings (SSSR count). The first-order valence-electron chi connectivity index (χ1n) is 8.35. The number of rotatable bonds is 0. The fourth-order valence-corrected chi connectivity index (χ4v) is 5.38. The molecule has 1 aromatic rings. The normalized spacial score (nSPS) is 34.9. The van der Waals surface area contributed by atoms with E-state index in [1.165, 1.54) is 12.8 Å². The van der Waals surface area contributed by atoms with Gasteiger partial charge in [-0.25, -0.2) is 0 Å². The van der Waals surface area contributed by atoms with E-state index in [4.69, 9.17) is 4.74 Å². The Labute approximate surface area is 131 Å². The Morgan fingerprint density at radius 1 is 1.27 bits per heavy atom. The van der Waals surface area contributed by atoms with E-state index in [9.17, 15) is 9.90 Å². The summed E-state index contributed by atoms with van der Waals surface area (Å²) in [5, 5.41) is 10.1. The third-order valence-corrected chi connectivity index (χ3v) is 6.49. The lowest BCUT2D eigenvalue weighted by molar-refractivity contribution is -0.136. The Kier molecular flexibility index (Phi) is 2.82. The van der Waals surface area contributed by atoms with E-state index >= 15 is 0 Å². The quantitative estimate of drug-likeness (QED) is 0.796. The number of hydrogen-bond acceptors (Lipinski definition) is 3. The summed E-state index contributed by atoms with van der Waals surface area (Å²) in [6, 6.07) is 3.69. The second kappa shape index (κ2) is 4.35. The van der Waals surface area contributed by atoms with E-state index in [2.05, 4.69) is 13.8 Å². The molecular formula is C19H24O3. The Morgan fingerprint density at radius 2 is 2.05 bits per heavy atom. The molecule has 1 spiro atoms. The predicted molar refractivity (Wildman–Crippen MR) is 85.2 cm³/mol. The molecule has 118 valence electrons. The average Bonchev–Trinajstić information content (AvgIpc) is 2.59. The van der Waals surface area contributed by atoms with Crippen LogP contribution in [0.5, 0.6) is 5.75 Å². The average molecular weight is 300 g/mol. The van der Waals surface area contributed by atoms with Crippen molar-refractivity contribution in [2.75, 3.05) is 6.61 Å². The zero-order valence-electron chi connectivity index (χ0n) is 13.6. The fourth-order valence-electron chi connectivity index (χ4n) is 5.38. The van der Waals surface area contributed by atoms with Crippen LogP contribution >= 0.6 is 0 Å². The minimum Gasteiger partial charge on any atom is -0.504 e. The summed E-state index contributed by atoms with van der Waals surface area (Å²) in [5.74, 6) is 0.445. The molecule has 3 nitrogen and oxygen atoms in total. The SMILES string of the molecule is Cc1cc2c(cc(=O)c1O)[C@@]13CCCC(C)(C)C1C[C@@H]2OC3. The lowest BCUT2D eigenvalue weighted by atomic mass is 9.48. The molecule has 2 aliphatic carbocycles. The molecule has 1 aromatic carbocycles. The Bertz CT molecular complexity index is 706. The van der Waals surface area contributed by atoms with E-state index in [1.54, 1.807) is 13.0 Å². The summed E-state index contributed by atoms with van der Waals surface area (Å²) in [5.41, 5.74) is 2.94. The summed E-state index contributed by atoms with van der Waals surface area (Å²) in [6.07, 6.45) is 4.62. The van der Waals surface area contributed by atoms with Gasteiger partial charge in [0.05, 0.1) is 12.7 Å². The maximum atomic E-state index is 12.3. The molecule has 0 aromatic heterocycles. The summed E-state index contributed by atoms with van der Waals surface area (Å²) < 4.78 is 6.15. The molecule has 1 saturated heterocycles. The molecule has 2 bridgehead atoms. The molecule has 1 unspecified atom stereocenters. The van der Waals surface area contributed by atoms with E-state index in [1.807, 2.05) is 6.07 Å². The highest BCUT2D eigenvalue weighted by atomic mass is 16.5. The molecule has 3 atom stereocenters. The Balaban J connectivity index is 2.02. The smallest absolute Gasteiger partial charge is 0.220 e. The van der Waals surface area contributed by atoms with Crippen molar-refractivity contribution in [3.63, 3.8) is 0 Å². The summed E-state index contributed by atoms with van der Waals surface area (Å²) in [4.78, 5) is 12.3. The zero-order valence-corrected chi connectivity index (χ0v) is 13.6. The summed E-state index contributed by atoms with van der Waals surface area (Å²) in [7, 11) is 0. The van der Waals surface area contributed by atoms with Crippen LogP contribution in [0.25, 0.3) is 0 Å². The van der Waals surface area contributed by atoms with E-state index in [-0.39, 0.29) is 28.1 Å². The van der Waals surface area contributed by atoms with Crippen LogP contribution in [0.1, 0.15) is 62.3 Å². The van der Waals surface area contributed by atoms with Crippen molar-refractivity contribution in [2.45, 2.75) is 58.0 Å². The summed E-state index contributed by atoms with van der Waals surface area (Å²) in [6.45, 7) is 7.26. The van der Waals surface area contributed by atoms with Gasteiger partial charge in [-0.1, -0.05) is 20.3 Å². The van der Waals surface area contributed by atoms with Gasteiger partial charge in [0.15, 0.2) is 5.75 Å². The minimum absolute atomic E-state index is 0.0388. The number of fused-ring (bicyclic) bond motifs is 1. The van der Waals surface area contributed by atoms with Gasteiger partial charge < -0.3 is 9.84 Å². The van der Waals surface area contributed by atoms with Crippen LogP contribution in [-0.2, 0) is 10.2 Å². The molecule has 4 aliphatic rings. The van der Waals surface area contributed by atoms with E-state index in [0.717, 1.165) is 30.6 Å². The van der Waals surface area contributed by atoms with Gasteiger partial charge in [-0.15, -0.1) is 0 Å². The third-order valence-electron chi connectivity index (χ3n) is 6.49. The van der Waals surface area contributed by atoms with Crippen LogP contribution < -0.4 is 5.43 Å². The molecule has 2 aliphatic heterocycles. The maximum absolute atomic E-state index is 12.3. The molecular weight excluding hydrogens is 276 g/mol. The van der Waals surface area contributed by atoms with Crippen LogP contribution in [0.3, 0.4) is 0 Å². The number of aromatic hydroxyl groups is 1. The van der Waals surface area contributed by atoms with Crippen LogP contribution in [0.2, 0.25) is 0 Å². The van der Waals surface area contributed by atoms with Crippen LogP contribution in [0, 0.1) is 18.3 Å². The van der Waals surface area contributed by atoms with Crippen LogP contribution in [-0.4, -0.2) is 11.7 Å². The first kappa shape index (κ1) is 14.3. The molecule has 22 heavy (non-hydrogen) atoms. The Hall–Kier alpha value is -1.35. The van der Waals surface area contributed by atoms with Gasteiger partial charge in [0.2, 0.25) is 5.43 Å². The standard InChI is InChI=1S/C19H24O3/c1-11-7-12-13(8-14(20)17(11)21)19-6-4-5-18(2,3)16(19)9-15(12)22-10-19/h7-8,15-16H,4-6,9-10H2,1-3H3,(H,20,21)/t15-,16?,19-/m0/s1. The molecule has 0 radical (unpaired) electrons. The number of hydrogen-bond donors (Lipinski definition) is 1. The highest BCUT2D eigenvalue weighted by Gasteiger charge is 2.58. The molecule has 3 heteroatoms. The van der Waals surface area contributed by atoms with Gasteiger partial charge in [0, 0.05) is 5.41 Å². The first-order chi connectivity index (χ1) is 10.3. The first-order valence-corrected chi connectivity index (χ1v) is 8.35. The van der Waals surface area contributed by atoms with Crippen molar-refractivity contribution >= 4 is 0 Å². The van der Waals surface area contributed by atoms with Gasteiger partial charge in [0.1, 0.15) is 0 Å². The van der Waals surface area contributed by atoms with E-state index in [0.29, 0.717) is 11.5 Å². The number of aryl methyl sites for hydroxylation is 1. The van der Waals surface area contributed by atoms with Crippen molar-refractivity contribution in [3.8, 4) is 5.75 Å². The molecule has 2 heterocycles. The van der Waals surface area contributed by atoms with Gasteiger partial charge in [-0.05, 0) is 66.3 Å². The van der Waals surface area contributed by atoms with Crippen molar-refractivity contribution in [3.05, 3.63) is 39.0 Å². The largest absolute Gasteiger partial charge is 0.504 e. The highest BCUT2D eigenvalue weighted by Crippen LogP contribution is 2.62. The van der Waals surface area contributed by atoms with E-state index < -0.39 is 0 Å². The predicted octanol–water partition coefficient (Wildman–Crippen LogP) is 3.60. The van der Waals surface area contributed by atoms with Gasteiger partial charge in [-0.2, -0.15) is 0 Å². The van der Waals surface area contributed by atoms with Crippen molar-refractivity contribution in [1.29, 1.82) is 0 Å². The Morgan fingerprint density at radius 3 is 2.82 bits per heavy atom. The van der Waals surface area contributed by atoms with Crippen molar-refractivity contribution < 1.29 is 9.84 Å². The van der Waals surface area contributed by atoms with Gasteiger partial charge in [-0.3, -0.25) is 4.79 Å². The lowest BCUT2D eigenvalue weighted by Gasteiger charge is -2.60. The monoisotopic (exact) mass is 300 g/mol. The van der Waals surface area contributed by atoms with Crippen molar-refractivity contribution in [1.82, 2.24) is 0 Å². The third kappa shape index (κ3) is 1.69. The fraction of sp³-hybridized carbons (Fsp3) is 0.632.